The van der Waals surface area contributed by atoms with E-state index < -0.39 is 6.98 Å². The topological polar surface area (TPSA) is 28.8 Å². The molecule has 1 aromatic heterocycles. The van der Waals surface area contributed by atoms with Gasteiger partial charge < -0.3 is 4.57 Å². The van der Waals surface area contributed by atoms with Gasteiger partial charge in [0.1, 0.15) is 0 Å². The lowest BCUT2D eigenvalue weighted by Crippen LogP contribution is -2.05. The highest BCUT2D eigenvalue weighted by Gasteiger charge is 1.78. The van der Waals surface area contributed by atoms with Gasteiger partial charge in [0.05, 0.1) is 0 Å². The highest BCUT2D eigenvalue weighted by molar-refractivity contribution is 7.06. The van der Waals surface area contributed by atoms with E-state index in [1.54, 1.807) is 5.38 Å². The van der Waals surface area contributed by atoms with Crippen molar-refractivity contribution < 1.29 is 4.11 Å². The molecule has 0 saturated heterocycles. The molecule has 0 atom stereocenters. The third-order valence-electron chi connectivity index (χ3n) is 0.608. The van der Waals surface area contributed by atoms with E-state index in [0.717, 1.165) is 15.9 Å². The molecule has 0 fully saturated rings. The first-order valence-corrected chi connectivity index (χ1v) is 2.61. The molecule has 38 valence electrons. The summed E-state index contributed by atoms with van der Waals surface area (Å²) >= 11 is 1.10. The number of aryl methyl sites for hydroxylation is 1. The van der Waals surface area contributed by atoms with Crippen LogP contribution in [0.4, 0.5) is 0 Å². The van der Waals surface area contributed by atoms with E-state index in [0.29, 0.717) is 0 Å². The Balaban J connectivity index is 3.18. The molecule has 2 nitrogen and oxygen atoms in total. The van der Waals surface area contributed by atoms with Crippen LogP contribution in [0.2, 0.25) is 0 Å². The van der Waals surface area contributed by atoms with E-state index in [9.17, 15) is 0 Å². The maximum absolute atomic E-state index is 7.13. The Morgan fingerprint density at radius 1 is 2.14 bits per heavy atom. The quantitative estimate of drug-likeness (QED) is 0.514. The molecule has 1 heterocycles. The summed E-state index contributed by atoms with van der Waals surface area (Å²) in [6.07, 6.45) is 1.39. The van der Waals surface area contributed by atoms with E-state index in [1.165, 1.54) is 6.20 Å². The van der Waals surface area contributed by atoms with Crippen molar-refractivity contribution in [3.63, 3.8) is 0 Å². The molecule has 0 spiro atoms. The minimum atomic E-state index is -2.20. The Morgan fingerprint density at radius 2 is 3.00 bits per heavy atom. The number of aromatic nitrogens is 1. The van der Waals surface area contributed by atoms with Crippen LogP contribution in [0.5, 0.6) is 0 Å². The van der Waals surface area contributed by atoms with E-state index in [-0.39, 0.29) is 4.80 Å². The van der Waals surface area contributed by atoms with Gasteiger partial charge in [0.2, 0.25) is 0 Å². The van der Waals surface area contributed by atoms with Crippen molar-refractivity contribution in [3.05, 3.63) is 16.4 Å². The van der Waals surface area contributed by atoms with Crippen LogP contribution in [0.15, 0.2) is 11.6 Å². The molecular formula is C4H6N2S. The maximum atomic E-state index is 7.13. The van der Waals surface area contributed by atoms with Crippen molar-refractivity contribution in [3.8, 4) is 0 Å². The second kappa shape index (κ2) is 1.50. The monoisotopic (exact) mass is 117 g/mol. The van der Waals surface area contributed by atoms with E-state index in [4.69, 9.17) is 9.52 Å². The van der Waals surface area contributed by atoms with Crippen molar-refractivity contribution in [2.45, 2.75) is 0 Å². The molecule has 0 aromatic carbocycles. The smallest absolute Gasteiger partial charge is 0.181 e. The second-order valence-corrected chi connectivity index (χ2v) is 1.97. The van der Waals surface area contributed by atoms with Crippen LogP contribution in [0.25, 0.3) is 0 Å². The third-order valence-corrected chi connectivity index (χ3v) is 1.29. The molecule has 7 heavy (non-hydrogen) atoms. The molecule has 1 aromatic rings. The fraction of sp³-hybridized carbons (Fsp3) is 0.250. The van der Waals surface area contributed by atoms with Crippen molar-refractivity contribution in [2.24, 2.45) is 6.98 Å². The van der Waals surface area contributed by atoms with Crippen LogP contribution >= 0.6 is 11.3 Å². The zero-order valence-corrected chi connectivity index (χ0v) is 4.33. The van der Waals surface area contributed by atoms with Crippen LogP contribution in [-0.2, 0) is 6.98 Å². The van der Waals surface area contributed by atoms with E-state index in [2.05, 4.69) is 0 Å². The van der Waals surface area contributed by atoms with Gasteiger partial charge in [-0.25, -0.2) is 0 Å². The normalized spacial score (nSPS) is 17.4. The van der Waals surface area contributed by atoms with Crippen LogP contribution in [0, 0.1) is 5.41 Å². The molecule has 0 aliphatic heterocycles. The zero-order valence-electron chi connectivity index (χ0n) is 6.51. The predicted octanol–water partition coefficient (Wildman–Crippen LogP) is 0.566. The second-order valence-electron chi connectivity index (χ2n) is 1.08. The average molecular weight is 117 g/mol. The summed E-state index contributed by atoms with van der Waals surface area (Å²) in [6, 6.07) is 0. The Bertz CT molecular complexity index is 271. The number of rotatable bonds is 0. The number of hydrogen-bond acceptors (Lipinski definition) is 2. The van der Waals surface area contributed by atoms with E-state index >= 15 is 0 Å². The average Bonchev–Trinajstić information content (AvgIpc) is 2.11. The Morgan fingerprint density at radius 3 is 3.29 bits per heavy atom. The molecule has 1 rings (SSSR count). The standard InChI is InChI=1S/C4H6N2S/c1-6-2-3-7-4(6)5/h2-3,5H,1H3/i1D3. The lowest BCUT2D eigenvalue weighted by molar-refractivity contribution is 0.857. The zero-order chi connectivity index (χ0) is 7.78. The largest absolute Gasteiger partial charge is 0.327 e. The highest BCUT2D eigenvalue weighted by atomic mass is 32.1. The van der Waals surface area contributed by atoms with Gasteiger partial charge in [0.15, 0.2) is 4.80 Å². The summed E-state index contributed by atoms with van der Waals surface area (Å²) < 4.78 is 21.7. The van der Waals surface area contributed by atoms with Crippen LogP contribution in [0.3, 0.4) is 0 Å². The highest BCUT2D eigenvalue weighted by Crippen LogP contribution is 1.82. The molecule has 0 bridgehead atoms. The molecule has 0 aliphatic rings. The van der Waals surface area contributed by atoms with Crippen molar-refractivity contribution in [1.29, 1.82) is 5.41 Å². The van der Waals surface area contributed by atoms with E-state index in [1.807, 2.05) is 0 Å². The molecule has 3 heteroatoms. The Hall–Kier alpha value is -0.570. The molecule has 0 saturated carbocycles. The van der Waals surface area contributed by atoms with Crippen LogP contribution < -0.4 is 4.80 Å². The fourth-order valence-corrected chi connectivity index (χ4v) is 0.766. The minimum Gasteiger partial charge on any atom is -0.327 e. The molecule has 0 unspecified atom stereocenters. The van der Waals surface area contributed by atoms with Crippen LogP contribution in [-0.4, -0.2) is 4.57 Å². The SMILES string of the molecule is [2H]C([2H])([2H])n1ccsc1=N. The lowest BCUT2D eigenvalue weighted by Gasteiger charge is -1.79. The Kier molecular flexibility index (Phi) is 0.457. The summed E-state index contributed by atoms with van der Waals surface area (Å²) in [5.41, 5.74) is 0. The first-order chi connectivity index (χ1) is 4.52. The molecule has 0 amide bonds. The maximum Gasteiger partial charge on any atom is 0.181 e. The lowest BCUT2D eigenvalue weighted by atomic mass is 10.9. The van der Waals surface area contributed by atoms with Gasteiger partial charge in [0, 0.05) is 22.7 Å². The van der Waals surface area contributed by atoms with Gasteiger partial charge in [-0.05, 0) is 0 Å². The number of nitrogens with zero attached hydrogens (tertiary/aromatic N) is 1. The fourth-order valence-electron chi connectivity index (χ4n) is 0.280. The van der Waals surface area contributed by atoms with Crippen LogP contribution in [0.1, 0.15) is 4.11 Å². The predicted molar refractivity (Wildman–Crippen MR) is 29.1 cm³/mol. The summed E-state index contributed by atoms with van der Waals surface area (Å²) in [4.78, 5) is 0.0556. The summed E-state index contributed by atoms with van der Waals surface area (Å²) in [6.45, 7) is -2.20. The van der Waals surface area contributed by atoms with Gasteiger partial charge in [0.25, 0.3) is 0 Å². The molecular weight excluding hydrogens is 108 g/mol. The summed E-state index contributed by atoms with van der Waals surface area (Å²) in [7, 11) is 0. The van der Waals surface area contributed by atoms with Crippen molar-refractivity contribution in [2.75, 3.05) is 0 Å². The summed E-state index contributed by atoms with van der Waals surface area (Å²) in [5.74, 6) is 0. The third kappa shape index (κ3) is 0.718. The number of thiazole rings is 1. The Labute approximate surface area is 49.8 Å². The van der Waals surface area contributed by atoms with Gasteiger partial charge in [-0.15, -0.1) is 11.3 Å². The first kappa shape index (κ1) is 2.13. The minimum absolute atomic E-state index is 0.0556. The first-order valence-electron chi connectivity index (χ1n) is 3.23. The molecule has 0 aliphatic carbocycles. The number of hydrogen-bond donors (Lipinski definition) is 1. The summed E-state index contributed by atoms with van der Waals surface area (Å²) in [5, 5.41) is 8.71. The van der Waals surface area contributed by atoms with Gasteiger partial charge >= 0.3 is 0 Å². The number of nitrogens with one attached hydrogen (secondary N) is 1. The van der Waals surface area contributed by atoms with Gasteiger partial charge in [-0.2, -0.15) is 0 Å². The molecule has 0 radical (unpaired) electrons. The van der Waals surface area contributed by atoms with Gasteiger partial charge in [-0.3, -0.25) is 5.41 Å². The van der Waals surface area contributed by atoms with Crippen molar-refractivity contribution in [1.82, 2.24) is 4.57 Å². The van der Waals surface area contributed by atoms with Crippen molar-refractivity contribution >= 4 is 11.3 Å². The molecule has 1 N–H and O–H groups in total. The van der Waals surface area contributed by atoms with Gasteiger partial charge in [-0.1, -0.05) is 0 Å².